The molecule has 0 bridgehead atoms. The van der Waals surface area contributed by atoms with Crippen LogP contribution in [0.3, 0.4) is 0 Å². The van der Waals surface area contributed by atoms with Crippen molar-refractivity contribution in [3.8, 4) is 0 Å². The van der Waals surface area contributed by atoms with Gasteiger partial charge >= 0.3 is 6.03 Å². The maximum absolute atomic E-state index is 13.8. The Morgan fingerprint density at radius 1 is 1.00 bits per heavy atom. The number of piperazine rings is 1. The summed E-state index contributed by atoms with van der Waals surface area (Å²) in [4.78, 5) is 43.0. The minimum Gasteiger partial charge on any atom is -0.342 e. The van der Waals surface area contributed by atoms with E-state index in [4.69, 9.17) is 11.6 Å². The summed E-state index contributed by atoms with van der Waals surface area (Å²) in [6.45, 7) is 15.7. The molecule has 3 N–H and O–H groups in total. The SMILES string of the molecule is CCNC(=O)N1CCC(N(CC(C)C)N2CCN(C(=O)[C@@H](Cc3ccc(Cl)cc3)NC(=O)C(C)(C)NC)CC2)CC1. The molecule has 2 aliphatic rings. The Balaban J connectivity index is 1.66. The highest BCUT2D eigenvalue weighted by molar-refractivity contribution is 6.30. The van der Waals surface area contributed by atoms with Gasteiger partial charge in [0.2, 0.25) is 11.8 Å². The second-order valence-electron chi connectivity index (χ2n) is 12.1. The number of hydrazine groups is 1. The summed E-state index contributed by atoms with van der Waals surface area (Å²) in [7, 11) is 1.74. The molecule has 0 saturated carbocycles. The van der Waals surface area contributed by atoms with Gasteiger partial charge in [0.1, 0.15) is 6.04 Å². The minimum absolute atomic E-state index is 0.0202. The maximum Gasteiger partial charge on any atom is 0.317 e. The molecule has 1 aromatic carbocycles. The average molecular weight is 592 g/mol. The lowest BCUT2D eigenvalue weighted by molar-refractivity contribution is -0.145. The molecule has 10 nitrogen and oxygen atoms in total. The standard InChI is InChI=1S/C30H50ClN7O3/c1-7-33-29(41)36-14-12-25(13-15-36)38(21-22(2)3)37-18-16-35(17-19-37)27(39)26(34-28(40)30(4,5)32-6)20-23-8-10-24(31)11-9-23/h8-11,22,25-26,32H,7,12-21H2,1-6H3,(H,33,41)(H,34,40)/t26-/m1/s1. The second-order valence-corrected chi connectivity index (χ2v) is 12.5. The Bertz CT molecular complexity index is 1000. The quantitative estimate of drug-likeness (QED) is 0.366. The van der Waals surface area contributed by atoms with E-state index in [1.54, 1.807) is 33.0 Å². The van der Waals surface area contributed by atoms with E-state index in [0.717, 1.165) is 51.1 Å². The van der Waals surface area contributed by atoms with Crippen molar-refractivity contribution in [2.45, 2.75) is 71.5 Å². The fourth-order valence-corrected chi connectivity index (χ4v) is 5.53. The predicted octanol–water partition coefficient (Wildman–Crippen LogP) is 2.58. The Labute approximate surface area is 251 Å². The number of hydrogen-bond donors (Lipinski definition) is 3. The lowest BCUT2D eigenvalue weighted by atomic mass is 10.0. The molecular formula is C30H50ClN7O3. The Kier molecular flexibility index (Phi) is 12.3. The molecule has 0 aliphatic carbocycles. The number of carbonyl (C=O) groups excluding carboxylic acids is 3. The Morgan fingerprint density at radius 3 is 2.15 bits per heavy atom. The van der Waals surface area contributed by atoms with E-state index in [-0.39, 0.29) is 17.8 Å². The van der Waals surface area contributed by atoms with E-state index < -0.39 is 11.6 Å². The number of urea groups is 1. The highest BCUT2D eigenvalue weighted by atomic mass is 35.5. The molecule has 3 rings (SSSR count). The Morgan fingerprint density at radius 2 is 1.61 bits per heavy atom. The molecule has 2 heterocycles. The van der Waals surface area contributed by atoms with Crippen LogP contribution in [0.1, 0.15) is 53.0 Å². The number of halogens is 1. The number of amides is 4. The number of likely N-dealkylation sites (tertiary alicyclic amines) is 1. The molecular weight excluding hydrogens is 542 g/mol. The topological polar surface area (TPSA) is 100 Å². The van der Waals surface area contributed by atoms with Crippen LogP contribution in [-0.2, 0) is 16.0 Å². The van der Waals surface area contributed by atoms with Crippen molar-refractivity contribution in [1.82, 2.24) is 35.8 Å². The zero-order chi connectivity index (χ0) is 30.2. The molecule has 2 saturated heterocycles. The van der Waals surface area contributed by atoms with Crippen LogP contribution in [0.4, 0.5) is 4.79 Å². The number of carbonyl (C=O) groups is 3. The fraction of sp³-hybridized carbons (Fsp3) is 0.700. The largest absolute Gasteiger partial charge is 0.342 e. The van der Waals surface area contributed by atoms with Crippen LogP contribution in [0.2, 0.25) is 5.02 Å². The van der Waals surface area contributed by atoms with Crippen molar-refractivity contribution in [3.05, 3.63) is 34.9 Å². The van der Waals surface area contributed by atoms with Crippen molar-refractivity contribution >= 4 is 29.4 Å². The summed E-state index contributed by atoms with van der Waals surface area (Å²) in [5, 5.41) is 14.5. The van der Waals surface area contributed by atoms with Crippen LogP contribution < -0.4 is 16.0 Å². The van der Waals surface area contributed by atoms with Gasteiger partial charge < -0.3 is 25.8 Å². The maximum atomic E-state index is 13.8. The zero-order valence-electron chi connectivity index (χ0n) is 25.7. The molecule has 0 spiro atoms. The van der Waals surface area contributed by atoms with Crippen LogP contribution in [0.5, 0.6) is 0 Å². The van der Waals surface area contributed by atoms with Gasteiger partial charge in [0.25, 0.3) is 0 Å². The monoisotopic (exact) mass is 591 g/mol. The van der Waals surface area contributed by atoms with E-state index in [2.05, 4.69) is 39.8 Å². The lowest BCUT2D eigenvalue weighted by Crippen LogP contribution is -2.63. The number of piperidine rings is 1. The summed E-state index contributed by atoms with van der Waals surface area (Å²) in [6.07, 6.45) is 2.25. The van der Waals surface area contributed by atoms with Crippen molar-refractivity contribution in [2.75, 3.05) is 59.4 Å². The zero-order valence-corrected chi connectivity index (χ0v) is 26.5. The van der Waals surface area contributed by atoms with Crippen LogP contribution in [-0.4, -0.2) is 115 Å². The van der Waals surface area contributed by atoms with E-state index in [9.17, 15) is 14.4 Å². The minimum atomic E-state index is -0.804. The summed E-state index contributed by atoms with van der Waals surface area (Å²) in [5.74, 6) is 0.212. The highest BCUT2D eigenvalue weighted by Gasteiger charge is 2.36. The Hall–Kier alpha value is -2.40. The molecule has 41 heavy (non-hydrogen) atoms. The smallest absolute Gasteiger partial charge is 0.317 e. The van der Waals surface area contributed by atoms with Gasteiger partial charge in [-0.15, -0.1) is 0 Å². The number of rotatable bonds is 11. The van der Waals surface area contributed by atoms with Gasteiger partial charge in [0.15, 0.2) is 0 Å². The van der Waals surface area contributed by atoms with Crippen LogP contribution in [0, 0.1) is 5.92 Å². The number of nitrogens with one attached hydrogen (secondary N) is 3. The summed E-state index contributed by atoms with van der Waals surface area (Å²) >= 11 is 6.07. The van der Waals surface area contributed by atoms with Gasteiger partial charge in [-0.3, -0.25) is 9.59 Å². The van der Waals surface area contributed by atoms with E-state index in [1.165, 1.54) is 0 Å². The third-order valence-electron chi connectivity index (χ3n) is 8.13. The van der Waals surface area contributed by atoms with Crippen molar-refractivity contribution in [3.63, 3.8) is 0 Å². The van der Waals surface area contributed by atoms with Crippen molar-refractivity contribution < 1.29 is 14.4 Å². The molecule has 1 atom stereocenters. The van der Waals surface area contributed by atoms with E-state index >= 15 is 0 Å². The predicted molar refractivity (Wildman–Crippen MR) is 164 cm³/mol. The molecule has 230 valence electrons. The normalized spacial score (nSPS) is 18.1. The van der Waals surface area contributed by atoms with Crippen molar-refractivity contribution in [1.29, 1.82) is 0 Å². The fourth-order valence-electron chi connectivity index (χ4n) is 5.40. The number of likely N-dealkylation sites (N-methyl/N-ethyl adjacent to an activating group) is 1. The summed E-state index contributed by atoms with van der Waals surface area (Å²) in [5.41, 5.74) is 0.137. The second kappa shape index (κ2) is 15.2. The molecule has 0 radical (unpaired) electrons. The third-order valence-corrected chi connectivity index (χ3v) is 8.39. The number of hydrogen-bond acceptors (Lipinski definition) is 6. The van der Waals surface area contributed by atoms with Gasteiger partial charge in [-0.05, 0) is 64.3 Å². The van der Waals surface area contributed by atoms with E-state index in [1.807, 2.05) is 28.9 Å². The highest BCUT2D eigenvalue weighted by Crippen LogP contribution is 2.22. The summed E-state index contributed by atoms with van der Waals surface area (Å²) < 4.78 is 0. The molecule has 4 amide bonds. The van der Waals surface area contributed by atoms with Gasteiger partial charge in [-0.1, -0.05) is 37.6 Å². The number of benzene rings is 1. The molecule has 2 fully saturated rings. The molecule has 1 aromatic rings. The summed E-state index contributed by atoms with van der Waals surface area (Å²) in [6, 6.07) is 7.13. The first-order valence-corrected chi connectivity index (χ1v) is 15.4. The molecule has 2 aliphatic heterocycles. The van der Waals surface area contributed by atoms with Gasteiger partial charge in [0, 0.05) is 69.8 Å². The van der Waals surface area contributed by atoms with Crippen molar-refractivity contribution in [2.24, 2.45) is 5.92 Å². The first-order chi connectivity index (χ1) is 19.4. The van der Waals surface area contributed by atoms with E-state index in [0.29, 0.717) is 43.0 Å². The molecule has 0 aromatic heterocycles. The average Bonchev–Trinajstić information content (AvgIpc) is 2.96. The lowest BCUT2D eigenvalue weighted by Gasteiger charge is -2.47. The first-order valence-electron chi connectivity index (χ1n) is 15.0. The molecule has 11 heteroatoms. The van der Waals surface area contributed by atoms with Gasteiger partial charge in [-0.2, -0.15) is 0 Å². The van der Waals surface area contributed by atoms with Gasteiger partial charge in [-0.25, -0.2) is 14.8 Å². The van der Waals surface area contributed by atoms with Crippen LogP contribution in [0.15, 0.2) is 24.3 Å². The van der Waals surface area contributed by atoms with Gasteiger partial charge in [0.05, 0.1) is 5.54 Å². The van der Waals surface area contributed by atoms with Crippen LogP contribution in [0.25, 0.3) is 0 Å². The number of nitrogens with zero attached hydrogens (tertiary/aromatic N) is 4. The first kappa shape index (κ1) is 33.1. The molecule has 0 unspecified atom stereocenters. The van der Waals surface area contributed by atoms with Crippen LogP contribution >= 0.6 is 11.6 Å². The third kappa shape index (κ3) is 9.30.